The van der Waals surface area contributed by atoms with E-state index in [1.165, 1.54) is 0 Å². The Balaban J connectivity index is 1.49. The normalized spacial score (nSPS) is 22.6. The topological polar surface area (TPSA) is 80.9 Å². The van der Waals surface area contributed by atoms with Gasteiger partial charge in [0.05, 0.1) is 32.1 Å². The molecule has 4 heterocycles. The molecule has 156 valence electrons. The standard InChI is InChI=1S/C21H28N4O4/c1-14(2)18-6-19(29-23-18)21(26)25-10-16-9-24(11-17(25)13-28-12-16)8-15-4-5-20(27-3)22-7-15/h4-7,14,16-17H,8-13H2,1-3H3/t16-,17-/m0/s1. The second-order valence-corrected chi connectivity index (χ2v) is 8.19. The summed E-state index contributed by atoms with van der Waals surface area (Å²) in [5.74, 6) is 1.30. The molecule has 0 spiro atoms. The van der Waals surface area contributed by atoms with Crippen molar-refractivity contribution in [1.29, 1.82) is 0 Å². The van der Waals surface area contributed by atoms with Crippen molar-refractivity contribution >= 4 is 5.91 Å². The van der Waals surface area contributed by atoms with Crippen molar-refractivity contribution in [1.82, 2.24) is 19.9 Å². The lowest BCUT2D eigenvalue weighted by molar-refractivity contribution is 0.0406. The van der Waals surface area contributed by atoms with E-state index in [2.05, 4.69) is 15.0 Å². The number of hydrogen-bond acceptors (Lipinski definition) is 7. The van der Waals surface area contributed by atoms with Crippen LogP contribution in [-0.2, 0) is 11.3 Å². The van der Waals surface area contributed by atoms with Crippen LogP contribution >= 0.6 is 0 Å². The molecule has 0 N–H and O–H groups in total. The first-order valence-corrected chi connectivity index (χ1v) is 10.1. The summed E-state index contributed by atoms with van der Waals surface area (Å²) >= 11 is 0. The number of carbonyl (C=O) groups excluding carboxylic acids is 1. The molecule has 2 saturated heterocycles. The lowest BCUT2D eigenvalue weighted by atomic mass is 10.1. The monoisotopic (exact) mass is 400 g/mol. The van der Waals surface area contributed by atoms with Gasteiger partial charge in [-0.3, -0.25) is 9.69 Å². The maximum atomic E-state index is 13.2. The highest BCUT2D eigenvalue weighted by Gasteiger charge is 2.37. The molecule has 2 aliphatic rings. The van der Waals surface area contributed by atoms with Crippen LogP contribution in [0.3, 0.4) is 0 Å². The Kier molecular flexibility index (Phi) is 5.82. The van der Waals surface area contributed by atoms with E-state index < -0.39 is 0 Å². The van der Waals surface area contributed by atoms with Crippen molar-refractivity contribution in [3.63, 3.8) is 0 Å². The Morgan fingerprint density at radius 3 is 2.83 bits per heavy atom. The highest BCUT2D eigenvalue weighted by atomic mass is 16.5. The van der Waals surface area contributed by atoms with Crippen LogP contribution in [0.15, 0.2) is 28.9 Å². The van der Waals surface area contributed by atoms with Crippen LogP contribution in [0, 0.1) is 5.92 Å². The zero-order valence-electron chi connectivity index (χ0n) is 17.2. The van der Waals surface area contributed by atoms with Gasteiger partial charge in [0.15, 0.2) is 0 Å². The van der Waals surface area contributed by atoms with Gasteiger partial charge >= 0.3 is 0 Å². The third-order valence-electron chi connectivity index (χ3n) is 5.55. The van der Waals surface area contributed by atoms with Gasteiger partial charge in [0.2, 0.25) is 11.6 Å². The highest BCUT2D eigenvalue weighted by Crippen LogP contribution is 2.24. The third-order valence-corrected chi connectivity index (χ3v) is 5.55. The van der Waals surface area contributed by atoms with Crippen LogP contribution in [0.4, 0.5) is 0 Å². The molecular formula is C21H28N4O4. The summed E-state index contributed by atoms with van der Waals surface area (Å²) in [4.78, 5) is 21.8. The van der Waals surface area contributed by atoms with Gasteiger partial charge in [-0.1, -0.05) is 25.1 Å². The van der Waals surface area contributed by atoms with Gasteiger partial charge in [-0.2, -0.15) is 0 Å². The number of hydrogen-bond donors (Lipinski definition) is 0. The molecule has 4 rings (SSSR count). The molecule has 2 aromatic rings. The Morgan fingerprint density at radius 2 is 2.14 bits per heavy atom. The van der Waals surface area contributed by atoms with Gasteiger partial charge in [0.25, 0.3) is 5.91 Å². The summed E-state index contributed by atoms with van der Waals surface area (Å²) in [6, 6.07) is 5.66. The van der Waals surface area contributed by atoms with Crippen LogP contribution in [-0.4, -0.2) is 71.8 Å². The van der Waals surface area contributed by atoms with Crippen molar-refractivity contribution in [2.45, 2.75) is 32.4 Å². The fourth-order valence-corrected chi connectivity index (χ4v) is 4.00. The van der Waals surface area contributed by atoms with Gasteiger partial charge < -0.3 is 18.9 Å². The first-order valence-electron chi connectivity index (χ1n) is 10.1. The van der Waals surface area contributed by atoms with Crippen molar-refractivity contribution in [3.8, 4) is 5.88 Å². The van der Waals surface area contributed by atoms with E-state index in [1.807, 2.05) is 37.1 Å². The molecule has 2 aliphatic heterocycles. The SMILES string of the molecule is COc1ccc(CN2C[C@@H]3COC[C@H](C2)N(C(=O)c2cc(C(C)C)no2)C3)cn1. The molecule has 0 saturated carbocycles. The van der Waals surface area contributed by atoms with Crippen LogP contribution in [0.2, 0.25) is 0 Å². The number of nitrogens with zero attached hydrogens (tertiary/aromatic N) is 4. The average Bonchev–Trinajstić information content (AvgIpc) is 3.04. The minimum absolute atomic E-state index is 0.0196. The number of pyridine rings is 1. The number of rotatable bonds is 5. The van der Waals surface area contributed by atoms with E-state index in [9.17, 15) is 4.79 Å². The average molecular weight is 400 g/mol. The largest absolute Gasteiger partial charge is 0.481 e. The zero-order valence-corrected chi connectivity index (χ0v) is 17.2. The van der Waals surface area contributed by atoms with E-state index in [0.29, 0.717) is 31.4 Å². The Labute approximate surface area is 170 Å². The number of amides is 1. The minimum atomic E-state index is -0.0992. The van der Waals surface area contributed by atoms with E-state index in [-0.39, 0.29) is 23.8 Å². The third kappa shape index (κ3) is 4.43. The van der Waals surface area contributed by atoms with Crippen molar-refractivity contribution < 1.29 is 18.8 Å². The molecule has 0 radical (unpaired) electrons. The number of ether oxygens (including phenoxy) is 2. The Bertz CT molecular complexity index is 835. The summed E-state index contributed by atoms with van der Waals surface area (Å²) in [7, 11) is 1.61. The van der Waals surface area contributed by atoms with Gasteiger partial charge in [-0.25, -0.2) is 4.98 Å². The van der Waals surface area contributed by atoms with Crippen LogP contribution < -0.4 is 4.74 Å². The maximum absolute atomic E-state index is 13.2. The lowest BCUT2D eigenvalue weighted by Gasteiger charge is -2.30. The molecule has 0 aliphatic carbocycles. The van der Waals surface area contributed by atoms with Crippen LogP contribution in [0.1, 0.15) is 41.6 Å². The Morgan fingerprint density at radius 1 is 1.28 bits per heavy atom. The first kappa shape index (κ1) is 19.8. The van der Waals surface area contributed by atoms with Crippen molar-refractivity contribution in [3.05, 3.63) is 41.4 Å². The van der Waals surface area contributed by atoms with E-state index in [0.717, 1.165) is 30.9 Å². The summed E-state index contributed by atoms with van der Waals surface area (Å²) in [5, 5.41) is 4.04. The maximum Gasteiger partial charge on any atom is 0.292 e. The van der Waals surface area contributed by atoms with Crippen LogP contribution in [0.25, 0.3) is 0 Å². The lowest BCUT2D eigenvalue weighted by Crippen LogP contribution is -2.46. The summed E-state index contributed by atoms with van der Waals surface area (Å²) < 4.78 is 16.4. The van der Waals surface area contributed by atoms with Gasteiger partial charge in [0, 0.05) is 50.4 Å². The molecule has 2 aromatic heterocycles. The molecule has 2 atom stereocenters. The Hall–Kier alpha value is -2.45. The van der Waals surface area contributed by atoms with Crippen molar-refractivity contribution in [2.75, 3.05) is 40.0 Å². The van der Waals surface area contributed by atoms with Gasteiger partial charge in [0.1, 0.15) is 0 Å². The molecule has 2 fully saturated rings. The molecule has 1 amide bonds. The van der Waals surface area contributed by atoms with Crippen LogP contribution in [0.5, 0.6) is 5.88 Å². The number of methoxy groups -OCH3 is 1. The fraction of sp³-hybridized carbons (Fsp3) is 0.571. The predicted octanol–water partition coefficient (Wildman–Crippen LogP) is 2.17. The second kappa shape index (κ2) is 8.51. The molecular weight excluding hydrogens is 372 g/mol. The smallest absolute Gasteiger partial charge is 0.292 e. The molecule has 0 unspecified atom stereocenters. The summed E-state index contributed by atoms with van der Waals surface area (Å²) in [6.45, 7) is 8.33. The molecule has 29 heavy (non-hydrogen) atoms. The zero-order chi connectivity index (χ0) is 20.4. The minimum Gasteiger partial charge on any atom is -0.481 e. The fourth-order valence-electron chi connectivity index (χ4n) is 4.00. The molecule has 0 aromatic carbocycles. The van der Waals surface area contributed by atoms with E-state index in [4.69, 9.17) is 14.0 Å². The first-order chi connectivity index (χ1) is 14.0. The highest BCUT2D eigenvalue weighted by molar-refractivity contribution is 5.91. The summed E-state index contributed by atoms with van der Waals surface area (Å²) in [5.41, 5.74) is 1.93. The number of carbonyl (C=O) groups is 1. The van der Waals surface area contributed by atoms with Gasteiger partial charge in [-0.15, -0.1) is 0 Å². The molecule has 2 bridgehead atoms. The number of fused-ring (bicyclic) bond motifs is 3. The quantitative estimate of drug-likeness (QED) is 0.761. The van der Waals surface area contributed by atoms with Crippen molar-refractivity contribution in [2.24, 2.45) is 5.92 Å². The second-order valence-electron chi connectivity index (χ2n) is 8.19. The predicted molar refractivity (Wildman–Crippen MR) is 106 cm³/mol. The molecule has 8 heteroatoms. The van der Waals surface area contributed by atoms with E-state index >= 15 is 0 Å². The van der Waals surface area contributed by atoms with E-state index in [1.54, 1.807) is 13.2 Å². The number of aromatic nitrogens is 2. The summed E-state index contributed by atoms with van der Waals surface area (Å²) in [6.07, 6.45) is 1.85. The van der Waals surface area contributed by atoms with Gasteiger partial charge in [-0.05, 0) is 11.5 Å². The molecule has 8 nitrogen and oxygen atoms in total.